The Hall–Kier alpha value is -1.32. The Kier molecular flexibility index (Phi) is 4.38. The molecule has 0 unspecified atom stereocenters. The molecule has 4 nitrogen and oxygen atoms in total. The third-order valence-corrected chi connectivity index (χ3v) is 4.62. The van der Waals surface area contributed by atoms with E-state index in [-0.39, 0.29) is 5.91 Å². The van der Waals surface area contributed by atoms with Gasteiger partial charge in [0.05, 0.1) is 0 Å². The van der Waals surface area contributed by atoms with Crippen molar-refractivity contribution in [1.29, 1.82) is 0 Å². The Balaban J connectivity index is 1.34. The Morgan fingerprint density at radius 2 is 2.10 bits per heavy atom. The van der Waals surface area contributed by atoms with E-state index >= 15 is 0 Å². The van der Waals surface area contributed by atoms with Crippen LogP contribution in [-0.4, -0.2) is 22.0 Å². The van der Waals surface area contributed by atoms with Crippen molar-refractivity contribution in [2.75, 3.05) is 6.54 Å². The number of carbonyl (C=O) groups excluding carboxylic acids is 1. The van der Waals surface area contributed by atoms with E-state index in [2.05, 4.69) is 14.9 Å². The Bertz CT molecular complexity index is 444. The summed E-state index contributed by atoms with van der Waals surface area (Å²) in [6.45, 7) is 1.57. The van der Waals surface area contributed by atoms with Gasteiger partial charge in [-0.25, -0.2) is 4.98 Å². The lowest BCUT2D eigenvalue weighted by molar-refractivity contribution is -0.121. The highest BCUT2D eigenvalue weighted by molar-refractivity contribution is 5.75. The molecule has 2 aliphatic rings. The number of carbonyl (C=O) groups is 1. The van der Waals surface area contributed by atoms with Crippen molar-refractivity contribution in [2.24, 2.45) is 5.92 Å². The van der Waals surface area contributed by atoms with Crippen molar-refractivity contribution in [1.82, 2.24) is 14.9 Å². The summed E-state index contributed by atoms with van der Waals surface area (Å²) in [5.41, 5.74) is 0. The molecule has 0 saturated heterocycles. The maximum absolute atomic E-state index is 11.8. The second-order valence-electron chi connectivity index (χ2n) is 6.29. The van der Waals surface area contributed by atoms with Crippen LogP contribution >= 0.6 is 0 Å². The predicted octanol–water partition coefficient (Wildman–Crippen LogP) is 2.85. The Morgan fingerprint density at radius 3 is 2.85 bits per heavy atom. The summed E-state index contributed by atoms with van der Waals surface area (Å²) in [6, 6.07) is 0. The van der Waals surface area contributed by atoms with Gasteiger partial charge >= 0.3 is 0 Å². The molecule has 20 heavy (non-hydrogen) atoms. The molecule has 0 radical (unpaired) electrons. The number of hydrogen-bond donors (Lipinski definition) is 1. The zero-order valence-electron chi connectivity index (χ0n) is 12.2. The van der Waals surface area contributed by atoms with Gasteiger partial charge in [0.25, 0.3) is 0 Å². The Labute approximate surface area is 121 Å². The first-order valence-corrected chi connectivity index (χ1v) is 8.10. The first-order chi connectivity index (χ1) is 9.83. The molecule has 2 fully saturated rings. The van der Waals surface area contributed by atoms with Gasteiger partial charge in [-0.05, 0) is 25.2 Å². The largest absolute Gasteiger partial charge is 0.354 e. The summed E-state index contributed by atoms with van der Waals surface area (Å²) in [7, 11) is 0. The molecule has 0 spiro atoms. The molecule has 110 valence electrons. The van der Waals surface area contributed by atoms with Gasteiger partial charge in [0.1, 0.15) is 5.82 Å². The van der Waals surface area contributed by atoms with E-state index in [4.69, 9.17) is 0 Å². The molecule has 1 amide bonds. The molecule has 1 aromatic rings. The third-order valence-electron chi connectivity index (χ3n) is 4.62. The average molecular weight is 275 g/mol. The molecule has 1 aromatic heterocycles. The molecule has 2 aliphatic carbocycles. The van der Waals surface area contributed by atoms with Crippen LogP contribution in [0.3, 0.4) is 0 Å². The molecule has 0 bridgehead atoms. The smallest absolute Gasteiger partial charge is 0.220 e. The van der Waals surface area contributed by atoms with Crippen LogP contribution in [0.4, 0.5) is 0 Å². The second kappa shape index (κ2) is 6.42. The van der Waals surface area contributed by atoms with Crippen LogP contribution in [-0.2, 0) is 11.3 Å². The van der Waals surface area contributed by atoms with Crippen LogP contribution in [0.1, 0.15) is 63.1 Å². The van der Waals surface area contributed by atoms with Crippen LogP contribution < -0.4 is 5.32 Å². The molecule has 1 N–H and O–H groups in total. The lowest BCUT2D eigenvalue weighted by Gasteiger charge is -2.10. The van der Waals surface area contributed by atoms with E-state index < -0.39 is 0 Å². The van der Waals surface area contributed by atoms with Crippen molar-refractivity contribution in [3.63, 3.8) is 0 Å². The molecule has 4 heteroatoms. The van der Waals surface area contributed by atoms with Gasteiger partial charge in [0, 0.05) is 37.8 Å². The molecular weight excluding hydrogens is 250 g/mol. The highest BCUT2D eigenvalue weighted by atomic mass is 16.1. The lowest BCUT2D eigenvalue weighted by atomic mass is 10.0. The molecule has 2 saturated carbocycles. The SMILES string of the molecule is O=C(CCC1CCCC1)NCCn1ccnc1C1CC1. The summed E-state index contributed by atoms with van der Waals surface area (Å²) < 4.78 is 2.19. The van der Waals surface area contributed by atoms with E-state index in [0.717, 1.165) is 25.4 Å². The minimum atomic E-state index is 0.213. The minimum absolute atomic E-state index is 0.213. The van der Waals surface area contributed by atoms with Crippen LogP contribution in [0.15, 0.2) is 12.4 Å². The molecule has 0 aromatic carbocycles. The second-order valence-corrected chi connectivity index (χ2v) is 6.29. The van der Waals surface area contributed by atoms with Crippen molar-refractivity contribution >= 4 is 5.91 Å². The normalized spacial score (nSPS) is 19.4. The third kappa shape index (κ3) is 3.62. The molecular formula is C16H25N3O. The van der Waals surface area contributed by atoms with Gasteiger partial charge in [0.2, 0.25) is 5.91 Å². The van der Waals surface area contributed by atoms with Crippen LogP contribution in [0, 0.1) is 5.92 Å². The summed E-state index contributed by atoms with van der Waals surface area (Å²) in [4.78, 5) is 16.2. The summed E-state index contributed by atoms with van der Waals surface area (Å²) in [5.74, 6) is 2.88. The van der Waals surface area contributed by atoms with Crippen molar-refractivity contribution in [3.8, 4) is 0 Å². The van der Waals surface area contributed by atoms with Gasteiger partial charge < -0.3 is 9.88 Å². The quantitative estimate of drug-likeness (QED) is 0.831. The molecule has 0 atom stereocenters. The van der Waals surface area contributed by atoms with E-state index in [1.54, 1.807) is 0 Å². The number of nitrogens with one attached hydrogen (secondary N) is 1. The number of hydrogen-bond acceptors (Lipinski definition) is 2. The fourth-order valence-electron chi connectivity index (χ4n) is 3.25. The number of nitrogens with zero attached hydrogens (tertiary/aromatic N) is 2. The van der Waals surface area contributed by atoms with E-state index in [9.17, 15) is 4.79 Å². The topological polar surface area (TPSA) is 46.9 Å². The fourth-order valence-corrected chi connectivity index (χ4v) is 3.25. The molecule has 3 rings (SSSR count). The fraction of sp³-hybridized carbons (Fsp3) is 0.750. The maximum Gasteiger partial charge on any atom is 0.220 e. The Morgan fingerprint density at radius 1 is 1.30 bits per heavy atom. The molecule has 0 aliphatic heterocycles. The molecule has 1 heterocycles. The number of amides is 1. The van der Waals surface area contributed by atoms with Gasteiger partial charge in [-0.3, -0.25) is 4.79 Å². The highest BCUT2D eigenvalue weighted by Gasteiger charge is 2.27. The minimum Gasteiger partial charge on any atom is -0.354 e. The summed E-state index contributed by atoms with van der Waals surface area (Å²) >= 11 is 0. The van der Waals surface area contributed by atoms with Gasteiger partial charge in [-0.1, -0.05) is 25.7 Å². The standard InChI is InChI=1S/C16H25N3O/c20-15(8-5-13-3-1-2-4-13)17-9-11-19-12-10-18-16(19)14-6-7-14/h10,12-14H,1-9,11H2,(H,17,20). The number of rotatable bonds is 7. The van der Waals surface area contributed by atoms with Crippen molar-refractivity contribution in [3.05, 3.63) is 18.2 Å². The van der Waals surface area contributed by atoms with E-state index in [1.165, 1.54) is 44.3 Å². The average Bonchev–Trinajstić information content (AvgIpc) is 2.98. The number of aromatic nitrogens is 2. The van der Waals surface area contributed by atoms with Gasteiger partial charge in [-0.2, -0.15) is 0 Å². The van der Waals surface area contributed by atoms with E-state index in [0.29, 0.717) is 12.3 Å². The zero-order chi connectivity index (χ0) is 13.8. The number of imidazole rings is 1. The maximum atomic E-state index is 11.8. The van der Waals surface area contributed by atoms with Crippen molar-refractivity contribution in [2.45, 2.75) is 63.8 Å². The van der Waals surface area contributed by atoms with Gasteiger partial charge in [0.15, 0.2) is 0 Å². The monoisotopic (exact) mass is 275 g/mol. The lowest BCUT2D eigenvalue weighted by Crippen LogP contribution is -2.27. The van der Waals surface area contributed by atoms with Crippen LogP contribution in [0.25, 0.3) is 0 Å². The highest BCUT2D eigenvalue weighted by Crippen LogP contribution is 2.38. The first kappa shape index (κ1) is 13.7. The van der Waals surface area contributed by atoms with Gasteiger partial charge in [-0.15, -0.1) is 0 Å². The first-order valence-electron chi connectivity index (χ1n) is 8.10. The summed E-state index contributed by atoms with van der Waals surface area (Å²) in [6.07, 6.45) is 13.6. The zero-order valence-corrected chi connectivity index (χ0v) is 12.2. The predicted molar refractivity (Wildman–Crippen MR) is 78.4 cm³/mol. The van der Waals surface area contributed by atoms with E-state index in [1.807, 2.05) is 12.4 Å². The van der Waals surface area contributed by atoms with Crippen molar-refractivity contribution < 1.29 is 4.79 Å². The van der Waals surface area contributed by atoms with Crippen LogP contribution in [0.2, 0.25) is 0 Å². The summed E-state index contributed by atoms with van der Waals surface area (Å²) in [5, 5.41) is 3.04. The van der Waals surface area contributed by atoms with Crippen LogP contribution in [0.5, 0.6) is 0 Å².